The van der Waals surface area contributed by atoms with Crippen molar-refractivity contribution in [3.8, 4) is 5.75 Å². The molecule has 7 heteroatoms. The Morgan fingerprint density at radius 2 is 1.84 bits per heavy atom. The summed E-state index contributed by atoms with van der Waals surface area (Å²) < 4.78 is 12.1. The quantitative estimate of drug-likeness (QED) is 0.741. The second-order valence-electron chi connectivity index (χ2n) is 5.34. The minimum atomic E-state index is -0.388. The van der Waals surface area contributed by atoms with E-state index in [9.17, 15) is 9.59 Å². The summed E-state index contributed by atoms with van der Waals surface area (Å²) in [5.74, 6) is 0.118. The maximum absolute atomic E-state index is 12.2. The number of nitrogens with zero attached hydrogens (tertiary/aromatic N) is 2. The van der Waals surface area contributed by atoms with E-state index in [0.717, 1.165) is 28.3 Å². The van der Waals surface area contributed by atoms with E-state index in [-0.39, 0.29) is 18.3 Å². The lowest BCUT2D eigenvalue weighted by molar-refractivity contribution is -0.117. The number of amides is 1. The summed E-state index contributed by atoms with van der Waals surface area (Å²) in [7, 11) is 1.78. The summed E-state index contributed by atoms with van der Waals surface area (Å²) in [5.41, 5.74) is 1.59. The number of thiazole rings is 1. The second-order valence-corrected chi connectivity index (χ2v) is 6.32. The molecule has 0 bridgehead atoms. The van der Waals surface area contributed by atoms with E-state index in [1.54, 1.807) is 25.5 Å². The molecule has 6 nitrogen and oxygen atoms in total. The van der Waals surface area contributed by atoms with Crippen LogP contribution < -0.4 is 9.54 Å². The van der Waals surface area contributed by atoms with Gasteiger partial charge in [-0.25, -0.2) is 4.79 Å². The monoisotopic (exact) mass is 362 g/mol. The Kier molecular flexibility index (Phi) is 6.52. The predicted molar refractivity (Wildman–Crippen MR) is 95.9 cm³/mol. The topological polar surface area (TPSA) is 69.9 Å². The minimum absolute atomic E-state index is 0.193. The lowest BCUT2D eigenvalue weighted by Gasteiger charge is -2.03. The number of hydrogen-bond acceptors (Lipinski definition) is 5. The molecular formula is C18H22N2O4S. The molecule has 0 radical (unpaired) electrons. The summed E-state index contributed by atoms with van der Waals surface area (Å²) in [4.78, 5) is 29.3. The highest BCUT2D eigenvalue weighted by Crippen LogP contribution is 2.14. The molecule has 2 aromatic rings. The molecule has 134 valence electrons. The summed E-state index contributed by atoms with van der Waals surface area (Å²) in [5, 5.41) is 0. The molecule has 0 fully saturated rings. The van der Waals surface area contributed by atoms with Crippen LogP contribution in [0.2, 0.25) is 0 Å². The third-order valence-corrected chi connectivity index (χ3v) is 4.80. The number of carbonyl (C=O) groups is 2. The van der Waals surface area contributed by atoms with Crippen LogP contribution in [0.15, 0.2) is 29.3 Å². The molecule has 1 aromatic heterocycles. The molecule has 0 unspecified atom stereocenters. The fourth-order valence-electron chi connectivity index (χ4n) is 2.20. The van der Waals surface area contributed by atoms with Gasteiger partial charge in [0.25, 0.3) is 5.91 Å². The van der Waals surface area contributed by atoms with Gasteiger partial charge in [0, 0.05) is 12.7 Å². The molecule has 1 heterocycles. The van der Waals surface area contributed by atoms with Crippen molar-refractivity contribution in [1.82, 2.24) is 4.57 Å². The Hall–Kier alpha value is -2.41. The normalized spacial score (nSPS) is 11.4. The average Bonchev–Trinajstić information content (AvgIpc) is 2.85. The predicted octanol–water partition coefficient (Wildman–Crippen LogP) is 2.64. The average molecular weight is 362 g/mol. The van der Waals surface area contributed by atoms with Gasteiger partial charge < -0.3 is 14.0 Å². The lowest BCUT2D eigenvalue weighted by atomic mass is 10.1. The molecule has 2 rings (SSSR count). The Balaban J connectivity index is 2.18. The number of benzene rings is 1. The standard InChI is InChI=1S/C18H22N2O4S/c1-5-23-14-9-7-13(8-10-14)11-15(21)19-18-20(4)12(3)16(25-18)17(22)24-6-2/h7-10H,5-6,11H2,1-4H3. The maximum atomic E-state index is 12.2. The van der Waals surface area contributed by atoms with E-state index in [1.165, 1.54) is 0 Å². The molecular weight excluding hydrogens is 340 g/mol. The van der Waals surface area contributed by atoms with Gasteiger partial charge >= 0.3 is 5.97 Å². The molecule has 1 amide bonds. The highest BCUT2D eigenvalue weighted by atomic mass is 32.1. The molecule has 0 atom stereocenters. The van der Waals surface area contributed by atoms with Crippen LogP contribution >= 0.6 is 11.3 Å². The van der Waals surface area contributed by atoms with Crippen molar-refractivity contribution in [2.24, 2.45) is 12.0 Å². The van der Waals surface area contributed by atoms with E-state index < -0.39 is 0 Å². The maximum Gasteiger partial charge on any atom is 0.350 e. The van der Waals surface area contributed by atoms with Crippen LogP contribution in [0.25, 0.3) is 0 Å². The molecule has 0 spiro atoms. The third kappa shape index (κ3) is 4.79. The number of rotatable bonds is 6. The van der Waals surface area contributed by atoms with E-state index in [2.05, 4.69) is 4.99 Å². The Morgan fingerprint density at radius 1 is 1.16 bits per heavy atom. The first-order valence-corrected chi connectivity index (χ1v) is 8.90. The SMILES string of the molecule is CCOC(=O)c1sc(=NC(=O)Cc2ccc(OCC)cc2)n(C)c1C. The van der Waals surface area contributed by atoms with Crippen molar-refractivity contribution in [1.29, 1.82) is 0 Å². The number of ether oxygens (including phenoxy) is 2. The van der Waals surface area contributed by atoms with Gasteiger partial charge in [0.05, 0.1) is 19.6 Å². The van der Waals surface area contributed by atoms with E-state index in [1.807, 2.05) is 31.2 Å². The summed E-state index contributed by atoms with van der Waals surface area (Å²) in [6, 6.07) is 7.37. The molecule has 0 aliphatic carbocycles. The fraction of sp³-hybridized carbons (Fsp3) is 0.389. The highest BCUT2D eigenvalue weighted by molar-refractivity contribution is 7.11. The van der Waals surface area contributed by atoms with Crippen LogP contribution in [0.1, 0.15) is 34.8 Å². The fourth-order valence-corrected chi connectivity index (χ4v) is 3.24. The first-order valence-electron chi connectivity index (χ1n) is 8.09. The van der Waals surface area contributed by atoms with Crippen LogP contribution in [-0.2, 0) is 23.0 Å². The number of hydrogen-bond donors (Lipinski definition) is 0. The molecule has 0 aliphatic rings. The Morgan fingerprint density at radius 3 is 2.44 bits per heavy atom. The Labute approximate surface area is 150 Å². The van der Waals surface area contributed by atoms with Crippen molar-refractivity contribution < 1.29 is 19.1 Å². The molecule has 0 N–H and O–H groups in total. The molecule has 0 saturated carbocycles. The first-order chi connectivity index (χ1) is 12.0. The summed E-state index contributed by atoms with van der Waals surface area (Å²) in [6.45, 7) is 6.39. The smallest absolute Gasteiger partial charge is 0.350 e. The van der Waals surface area contributed by atoms with E-state index >= 15 is 0 Å². The molecule has 0 saturated heterocycles. The van der Waals surface area contributed by atoms with Gasteiger partial charge in [-0.2, -0.15) is 4.99 Å². The first kappa shape index (κ1) is 18.9. The molecule has 0 aliphatic heterocycles. The zero-order valence-electron chi connectivity index (χ0n) is 14.9. The molecule has 1 aromatic carbocycles. The van der Waals surface area contributed by atoms with E-state index in [4.69, 9.17) is 9.47 Å². The number of carbonyl (C=O) groups excluding carboxylic acids is 2. The van der Waals surface area contributed by atoms with Crippen LogP contribution in [-0.4, -0.2) is 29.7 Å². The van der Waals surface area contributed by atoms with Crippen molar-refractivity contribution in [2.45, 2.75) is 27.2 Å². The van der Waals surface area contributed by atoms with Gasteiger partial charge in [0.15, 0.2) is 4.80 Å². The zero-order valence-corrected chi connectivity index (χ0v) is 15.7. The van der Waals surface area contributed by atoms with Crippen LogP contribution in [0.3, 0.4) is 0 Å². The van der Waals surface area contributed by atoms with Gasteiger partial charge in [-0.3, -0.25) is 4.79 Å². The van der Waals surface area contributed by atoms with E-state index in [0.29, 0.717) is 22.9 Å². The van der Waals surface area contributed by atoms with Crippen LogP contribution in [0.4, 0.5) is 0 Å². The van der Waals surface area contributed by atoms with Crippen molar-refractivity contribution in [3.63, 3.8) is 0 Å². The zero-order chi connectivity index (χ0) is 18.4. The third-order valence-electron chi connectivity index (χ3n) is 3.58. The highest BCUT2D eigenvalue weighted by Gasteiger charge is 2.16. The molecule has 25 heavy (non-hydrogen) atoms. The minimum Gasteiger partial charge on any atom is -0.494 e. The van der Waals surface area contributed by atoms with Crippen molar-refractivity contribution >= 4 is 23.2 Å². The number of esters is 1. The van der Waals surface area contributed by atoms with Gasteiger partial charge in [-0.15, -0.1) is 0 Å². The van der Waals surface area contributed by atoms with Crippen LogP contribution in [0.5, 0.6) is 5.75 Å². The second kappa shape index (κ2) is 8.62. The van der Waals surface area contributed by atoms with Gasteiger partial charge in [0.1, 0.15) is 10.6 Å². The largest absolute Gasteiger partial charge is 0.494 e. The summed E-state index contributed by atoms with van der Waals surface area (Å²) in [6.07, 6.45) is 0.193. The van der Waals surface area contributed by atoms with Crippen LogP contribution in [0, 0.1) is 6.92 Å². The van der Waals surface area contributed by atoms with Crippen molar-refractivity contribution in [3.05, 3.63) is 45.2 Å². The van der Waals surface area contributed by atoms with Gasteiger partial charge in [-0.1, -0.05) is 23.5 Å². The van der Waals surface area contributed by atoms with Gasteiger partial charge in [0.2, 0.25) is 0 Å². The lowest BCUT2D eigenvalue weighted by Crippen LogP contribution is -2.15. The number of aromatic nitrogens is 1. The Bertz CT molecular complexity index is 819. The van der Waals surface area contributed by atoms with Gasteiger partial charge in [-0.05, 0) is 38.5 Å². The summed E-state index contributed by atoms with van der Waals surface area (Å²) >= 11 is 1.16. The van der Waals surface area contributed by atoms with Crippen molar-refractivity contribution in [2.75, 3.05) is 13.2 Å².